The Morgan fingerprint density at radius 3 is 2.39 bits per heavy atom. The number of benzene rings is 1. The van der Waals surface area contributed by atoms with Gasteiger partial charge in [-0.25, -0.2) is 4.79 Å². The van der Waals surface area contributed by atoms with E-state index in [1.54, 1.807) is 15.9 Å². The van der Waals surface area contributed by atoms with Gasteiger partial charge in [-0.3, -0.25) is 9.59 Å². The highest BCUT2D eigenvalue weighted by atomic mass is 79.9. The molecule has 23 heavy (non-hydrogen) atoms. The number of piperazine rings is 1. The number of phenolic OH excluding ortho intramolecular Hbond substituents is 1. The second-order valence-electron chi connectivity index (χ2n) is 5.12. The van der Waals surface area contributed by atoms with Crippen LogP contribution in [0.3, 0.4) is 0 Å². The Morgan fingerprint density at radius 2 is 1.78 bits per heavy atom. The Bertz CT molecular complexity index is 626. The number of hydrogen-bond acceptors (Lipinski definition) is 5. The maximum atomic E-state index is 12.0. The fourth-order valence-electron chi connectivity index (χ4n) is 2.24. The standard InChI is InChI=1S/C15H17BrN2O5/c1-10(19)17-4-6-18(7-5-17)14(21)9-23-15(22)12-8-11(16)2-3-13(12)20/h2-3,8,20H,4-7,9H2,1H3. The zero-order valence-electron chi connectivity index (χ0n) is 12.6. The summed E-state index contributed by atoms with van der Waals surface area (Å²) < 4.78 is 5.58. The zero-order chi connectivity index (χ0) is 17.0. The van der Waals surface area contributed by atoms with Crippen molar-refractivity contribution in [1.29, 1.82) is 0 Å². The lowest BCUT2D eigenvalue weighted by Gasteiger charge is -2.34. The average Bonchev–Trinajstić information content (AvgIpc) is 2.54. The first-order chi connectivity index (χ1) is 10.9. The van der Waals surface area contributed by atoms with Crippen LogP contribution in [-0.4, -0.2) is 65.5 Å². The molecule has 0 bridgehead atoms. The molecule has 2 amide bonds. The Hall–Kier alpha value is -2.09. The molecule has 0 unspecified atom stereocenters. The number of rotatable bonds is 3. The van der Waals surface area contributed by atoms with Crippen LogP contribution in [0.1, 0.15) is 17.3 Å². The second-order valence-corrected chi connectivity index (χ2v) is 6.04. The van der Waals surface area contributed by atoms with Gasteiger partial charge in [-0.15, -0.1) is 0 Å². The van der Waals surface area contributed by atoms with Crippen LogP contribution in [0.25, 0.3) is 0 Å². The zero-order valence-corrected chi connectivity index (χ0v) is 14.2. The summed E-state index contributed by atoms with van der Waals surface area (Å²) >= 11 is 3.20. The number of ether oxygens (including phenoxy) is 1. The summed E-state index contributed by atoms with van der Waals surface area (Å²) in [6, 6.07) is 4.38. The van der Waals surface area contributed by atoms with Gasteiger partial charge in [-0.2, -0.15) is 0 Å². The predicted molar refractivity (Wildman–Crippen MR) is 84.9 cm³/mol. The molecule has 1 fully saturated rings. The van der Waals surface area contributed by atoms with Crippen LogP contribution in [0, 0.1) is 0 Å². The monoisotopic (exact) mass is 384 g/mol. The number of carbonyl (C=O) groups is 3. The number of amides is 2. The maximum Gasteiger partial charge on any atom is 0.342 e. The summed E-state index contributed by atoms with van der Waals surface area (Å²) in [4.78, 5) is 38.4. The van der Waals surface area contributed by atoms with Gasteiger partial charge in [-0.05, 0) is 18.2 Å². The average molecular weight is 385 g/mol. The predicted octanol–water partition coefficient (Wildman–Crippen LogP) is 1.00. The largest absolute Gasteiger partial charge is 0.507 e. The maximum absolute atomic E-state index is 12.0. The van der Waals surface area contributed by atoms with Crippen molar-refractivity contribution in [3.8, 4) is 5.75 Å². The Kier molecular flexibility index (Phi) is 5.59. The van der Waals surface area contributed by atoms with Gasteiger partial charge in [0.25, 0.3) is 5.91 Å². The normalized spacial score (nSPS) is 14.5. The summed E-state index contributed by atoms with van der Waals surface area (Å²) in [6.45, 7) is 2.87. The van der Waals surface area contributed by atoms with Gasteiger partial charge in [-0.1, -0.05) is 15.9 Å². The van der Waals surface area contributed by atoms with Gasteiger partial charge >= 0.3 is 5.97 Å². The number of carbonyl (C=O) groups excluding carboxylic acids is 3. The molecule has 1 aromatic carbocycles. The summed E-state index contributed by atoms with van der Waals surface area (Å²) in [5, 5.41) is 9.65. The third-order valence-corrected chi connectivity index (χ3v) is 4.08. The smallest absolute Gasteiger partial charge is 0.342 e. The SMILES string of the molecule is CC(=O)N1CCN(C(=O)COC(=O)c2cc(Br)ccc2O)CC1. The minimum absolute atomic E-state index is 0.00595. The molecule has 0 radical (unpaired) electrons. The van der Waals surface area contributed by atoms with E-state index >= 15 is 0 Å². The third kappa shape index (κ3) is 4.44. The molecule has 1 heterocycles. The summed E-state index contributed by atoms with van der Waals surface area (Å²) in [7, 11) is 0. The lowest BCUT2D eigenvalue weighted by molar-refractivity contribution is -0.140. The van der Waals surface area contributed by atoms with Crippen molar-refractivity contribution in [2.45, 2.75) is 6.92 Å². The summed E-state index contributed by atoms with van der Waals surface area (Å²) in [6.07, 6.45) is 0. The number of esters is 1. The molecule has 0 saturated carbocycles. The van der Waals surface area contributed by atoms with Crippen molar-refractivity contribution in [3.63, 3.8) is 0 Å². The van der Waals surface area contributed by atoms with E-state index in [0.717, 1.165) is 0 Å². The summed E-state index contributed by atoms with van der Waals surface area (Å²) in [5.74, 6) is -1.31. The highest BCUT2D eigenvalue weighted by molar-refractivity contribution is 9.10. The molecule has 7 nitrogen and oxygen atoms in total. The van der Waals surface area contributed by atoms with Gasteiger partial charge in [0.05, 0.1) is 0 Å². The molecule has 124 valence electrons. The third-order valence-electron chi connectivity index (χ3n) is 3.58. The van der Waals surface area contributed by atoms with Gasteiger partial charge in [0.1, 0.15) is 11.3 Å². The molecule has 1 aromatic rings. The van der Waals surface area contributed by atoms with Crippen LogP contribution in [0.2, 0.25) is 0 Å². The molecule has 0 aromatic heterocycles. The molecule has 8 heteroatoms. The van der Waals surface area contributed by atoms with E-state index < -0.39 is 12.6 Å². The van der Waals surface area contributed by atoms with Crippen LogP contribution in [-0.2, 0) is 14.3 Å². The number of aromatic hydroxyl groups is 1. The fraction of sp³-hybridized carbons (Fsp3) is 0.400. The lowest BCUT2D eigenvalue weighted by atomic mass is 10.2. The Balaban J connectivity index is 1.86. The van der Waals surface area contributed by atoms with E-state index in [-0.39, 0.29) is 23.1 Å². The van der Waals surface area contributed by atoms with Crippen molar-refractivity contribution in [2.24, 2.45) is 0 Å². The van der Waals surface area contributed by atoms with E-state index in [2.05, 4.69) is 15.9 Å². The van der Waals surface area contributed by atoms with E-state index in [1.807, 2.05) is 0 Å². The Labute approximate surface area is 141 Å². The topological polar surface area (TPSA) is 87.2 Å². The van der Waals surface area contributed by atoms with E-state index in [9.17, 15) is 19.5 Å². The van der Waals surface area contributed by atoms with Gasteiger partial charge < -0.3 is 19.6 Å². The molecule has 1 saturated heterocycles. The van der Waals surface area contributed by atoms with Crippen LogP contribution >= 0.6 is 15.9 Å². The summed E-state index contributed by atoms with van der Waals surface area (Å²) in [5.41, 5.74) is -0.00595. The lowest BCUT2D eigenvalue weighted by Crippen LogP contribution is -2.51. The van der Waals surface area contributed by atoms with Crippen molar-refractivity contribution < 1.29 is 24.2 Å². The van der Waals surface area contributed by atoms with Gasteiger partial charge in [0.2, 0.25) is 5.91 Å². The van der Waals surface area contributed by atoms with Crippen molar-refractivity contribution in [3.05, 3.63) is 28.2 Å². The highest BCUT2D eigenvalue weighted by Crippen LogP contribution is 2.22. The number of halogens is 1. The first kappa shape index (κ1) is 17.3. The molecular formula is C15H17BrN2O5. The van der Waals surface area contributed by atoms with Crippen LogP contribution in [0.15, 0.2) is 22.7 Å². The van der Waals surface area contributed by atoms with Gasteiger partial charge in [0, 0.05) is 37.6 Å². The molecule has 0 aliphatic carbocycles. The molecular weight excluding hydrogens is 368 g/mol. The van der Waals surface area contributed by atoms with Crippen molar-refractivity contribution >= 4 is 33.7 Å². The molecule has 1 aliphatic rings. The fourth-order valence-corrected chi connectivity index (χ4v) is 2.60. The van der Waals surface area contributed by atoms with Crippen LogP contribution in [0.4, 0.5) is 0 Å². The van der Waals surface area contributed by atoms with Crippen LogP contribution in [0.5, 0.6) is 5.75 Å². The number of nitrogens with zero attached hydrogens (tertiary/aromatic N) is 2. The number of hydrogen-bond donors (Lipinski definition) is 1. The molecule has 0 atom stereocenters. The number of phenols is 1. The molecule has 2 rings (SSSR count). The minimum atomic E-state index is -0.764. The van der Waals surface area contributed by atoms with Crippen molar-refractivity contribution in [2.75, 3.05) is 32.8 Å². The quantitative estimate of drug-likeness (QED) is 0.785. The van der Waals surface area contributed by atoms with E-state index in [0.29, 0.717) is 30.7 Å². The van der Waals surface area contributed by atoms with Crippen LogP contribution < -0.4 is 0 Å². The highest BCUT2D eigenvalue weighted by Gasteiger charge is 2.23. The van der Waals surface area contributed by atoms with Gasteiger partial charge in [0.15, 0.2) is 6.61 Å². The Morgan fingerprint density at radius 1 is 1.17 bits per heavy atom. The van der Waals surface area contributed by atoms with E-state index in [1.165, 1.54) is 19.1 Å². The van der Waals surface area contributed by atoms with Crippen molar-refractivity contribution in [1.82, 2.24) is 9.80 Å². The molecule has 1 aliphatic heterocycles. The minimum Gasteiger partial charge on any atom is -0.507 e. The first-order valence-electron chi connectivity index (χ1n) is 7.07. The van der Waals surface area contributed by atoms with E-state index in [4.69, 9.17) is 4.74 Å². The second kappa shape index (κ2) is 7.45. The molecule has 0 spiro atoms. The first-order valence-corrected chi connectivity index (χ1v) is 7.86. The molecule has 1 N–H and O–H groups in total.